The van der Waals surface area contributed by atoms with E-state index in [2.05, 4.69) is 27.1 Å². The van der Waals surface area contributed by atoms with Crippen LogP contribution in [0, 0.1) is 6.92 Å². The molecule has 1 aliphatic rings. The molecule has 1 aromatic heterocycles. The quantitative estimate of drug-likeness (QED) is 0.288. The van der Waals surface area contributed by atoms with Gasteiger partial charge in [0.25, 0.3) is 0 Å². The van der Waals surface area contributed by atoms with E-state index in [0.717, 1.165) is 30.6 Å². The predicted octanol–water partition coefficient (Wildman–Crippen LogP) is 2.47. The maximum Gasteiger partial charge on any atom is 0.191 e. The van der Waals surface area contributed by atoms with Crippen LogP contribution in [0.15, 0.2) is 4.99 Å². The summed E-state index contributed by atoms with van der Waals surface area (Å²) in [7, 11) is 1.98. The van der Waals surface area contributed by atoms with Crippen LogP contribution in [0.4, 0.5) is 0 Å². The molecule has 0 amide bonds. The van der Waals surface area contributed by atoms with Gasteiger partial charge in [-0.25, -0.2) is 4.99 Å². The van der Waals surface area contributed by atoms with Crippen molar-refractivity contribution in [2.75, 3.05) is 18.6 Å². The molecule has 0 aromatic carbocycles. The van der Waals surface area contributed by atoms with Gasteiger partial charge in [-0.2, -0.15) is 11.8 Å². The van der Waals surface area contributed by atoms with E-state index in [0.29, 0.717) is 12.6 Å². The Bertz CT molecular complexity index is 484. The van der Waals surface area contributed by atoms with Crippen LogP contribution in [-0.4, -0.2) is 45.3 Å². The first-order valence-corrected chi connectivity index (χ1v) is 9.48. The number of rotatable bonds is 7. The minimum absolute atomic E-state index is 0. The molecule has 1 aromatic rings. The summed E-state index contributed by atoms with van der Waals surface area (Å²) in [5, 5.41) is 15.3. The minimum atomic E-state index is 0. The average Bonchev–Trinajstić information content (AvgIpc) is 3.13. The van der Waals surface area contributed by atoms with Crippen LogP contribution in [0.5, 0.6) is 0 Å². The topological polar surface area (TPSA) is 67.1 Å². The zero-order valence-corrected chi connectivity index (χ0v) is 17.5. The molecule has 0 radical (unpaired) electrons. The Morgan fingerprint density at radius 2 is 2.09 bits per heavy atom. The molecule has 1 fully saturated rings. The van der Waals surface area contributed by atoms with Crippen LogP contribution >= 0.6 is 35.7 Å². The molecule has 0 aliphatic heterocycles. The second-order valence-corrected chi connectivity index (χ2v) is 6.77. The van der Waals surface area contributed by atoms with Crippen molar-refractivity contribution in [1.82, 2.24) is 25.4 Å². The fourth-order valence-corrected chi connectivity index (χ4v) is 3.01. The summed E-state index contributed by atoms with van der Waals surface area (Å²) in [5.74, 6) is 3.90. The van der Waals surface area contributed by atoms with Crippen molar-refractivity contribution in [3.05, 3.63) is 11.6 Å². The van der Waals surface area contributed by atoms with E-state index in [9.17, 15) is 0 Å². The van der Waals surface area contributed by atoms with E-state index in [1.807, 2.05) is 30.3 Å². The number of aryl methyl sites for hydroxylation is 1. The number of hydrogen-bond donors (Lipinski definition) is 2. The van der Waals surface area contributed by atoms with Gasteiger partial charge in [-0.3, -0.25) is 0 Å². The van der Waals surface area contributed by atoms with E-state index in [1.54, 1.807) is 0 Å². The maximum absolute atomic E-state index is 4.69. The SMILES string of the molecule is CSCCCNC(=NCc1nnc(C)n1C)NC1CCCC1.I. The molecule has 0 atom stereocenters. The van der Waals surface area contributed by atoms with Crippen molar-refractivity contribution in [3.8, 4) is 0 Å². The van der Waals surface area contributed by atoms with E-state index in [1.165, 1.54) is 31.4 Å². The molecule has 0 unspecified atom stereocenters. The Labute approximate surface area is 160 Å². The summed E-state index contributed by atoms with van der Waals surface area (Å²) in [6.45, 7) is 3.47. The summed E-state index contributed by atoms with van der Waals surface area (Å²) in [6, 6.07) is 0.563. The van der Waals surface area contributed by atoms with E-state index in [4.69, 9.17) is 4.99 Å². The first-order chi connectivity index (χ1) is 10.7. The molecular weight excluding hydrogens is 423 g/mol. The van der Waals surface area contributed by atoms with Gasteiger partial charge >= 0.3 is 0 Å². The van der Waals surface area contributed by atoms with Crippen molar-refractivity contribution < 1.29 is 0 Å². The Balaban J connectivity index is 0.00000264. The zero-order valence-electron chi connectivity index (χ0n) is 14.3. The second-order valence-electron chi connectivity index (χ2n) is 5.79. The van der Waals surface area contributed by atoms with Gasteiger partial charge in [-0.15, -0.1) is 34.2 Å². The zero-order chi connectivity index (χ0) is 15.8. The van der Waals surface area contributed by atoms with E-state index >= 15 is 0 Å². The number of guanidine groups is 1. The number of halogens is 1. The summed E-state index contributed by atoms with van der Waals surface area (Å²) in [4.78, 5) is 4.69. The van der Waals surface area contributed by atoms with Gasteiger partial charge in [0.15, 0.2) is 11.8 Å². The highest BCUT2D eigenvalue weighted by atomic mass is 127. The van der Waals surface area contributed by atoms with Crippen molar-refractivity contribution in [1.29, 1.82) is 0 Å². The standard InChI is InChI=1S/C15H28N6S.HI/c1-12-19-20-14(21(12)2)11-17-15(16-9-6-10-22-3)18-13-7-4-5-8-13;/h13H,4-11H2,1-3H3,(H2,16,17,18);1H. The van der Waals surface area contributed by atoms with Crippen molar-refractivity contribution in [3.63, 3.8) is 0 Å². The highest BCUT2D eigenvalue weighted by Crippen LogP contribution is 2.17. The summed E-state index contributed by atoms with van der Waals surface area (Å²) < 4.78 is 1.99. The van der Waals surface area contributed by atoms with Gasteiger partial charge in [0, 0.05) is 19.6 Å². The lowest BCUT2D eigenvalue weighted by Crippen LogP contribution is -2.43. The normalized spacial score (nSPS) is 15.5. The van der Waals surface area contributed by atoms with E-state index in [-0.39, 0.29) is 24.0 Å². The monoisotopic (exact) mass is 452 g/mol. The van der Waals surface area contributed by atoms with Crippen LogP contribution in [0.25, 0.3) is 0 Å². The number of thioether (sulfide) groups is 1. The molecule has 0 saturated heterocycles. The van der Waals surface area contributed by atoms with Gasteiger partial charge in [0.2, 0.25) is 0 Å². The van der Waals surface area contributed by atoms with Crippen LogP contribution in [-0.2, 0) is 13.6 Å². The van der Waals surface area contributed by atoms with Gasteiger partial charge < -0.3 is 15.2 Å². The summed E-state index contributed by atoms with van der Waals surface area (Å²) >= 11 is 1.88. The van der Waals surface area contributed by atoms with Crippen molar-refractivity contribution in [2.24, 2.45) is 12.0 Å². The van der Waals surface area contributed by atoms with Crippen LogP contribution < -0.4 is 10.6 Å². The third-order valence-corrected chi connectivity index (χ3v) is 4.77. The third-order valence-electron chi connectivity index (χ3n) is 4.08. The Hall–Kier alpha value is -0.510. The molecular formula is C15H29IN6S. The largest absolute Gasteiger partial charge is 0.356 e. The summed E-state index contributed by atoms with van der Waals surface area (Å²) in [6.07, 6.45) is 8.42. The lowest BCUT2D eigenvalue weighted by atomic mass is 10.2. The molecule has 23 heavy (non-hydrogen) atoms. The molecule has 1 heterocycles. The third kappa shape index (κ3) is 6.86. The Kier molecular flexibility index (Phi) is 9.92. The van der Waals surface area contributed by atoms with Gasteiger partial charge in [0.05, 0.1) is 0 Å². The molecule has 2 N–H and O–H groups in total. The predicted molar refractivity (Wildman–Crippen MR) is 109 cm³/mol. The Morgan fingerprint density at radius 1 is 1.35 bits per heavy atom. The first kappa shape index (κ1) is 20.5. The summed E-state index contributed by atoms with van der Waals surface area (Å²) in [5.41, 5.74) is 0. The number of hydrogen-bond acceptors (Lipinski definition) is 4. The smallest absolute Gasteiger partial charge is 0.191 e. The molecule has 132 valence electrons. The molecule has 1 aliphatic carbocycles. The molecule has 2 rings (SSSR count). The lowest BCUT2D eigenvalue weighted by Gasteiger charge is -2.17. The van der Waals surface area contributed by atoms with Gasteiger partial charge in [0.1, 0.15) is 12.4 Å². The average molecular weight is 452 g/mol. The minimum Gasteiger partial charge on any atom is -0.356 e. The molecule has 8 heteroatoms. The number of aliphatic imine (C=N–C) groups is 1. The number of nitrogens with one attached hydrogen (secondary N) is 2. The van der Waals surface area contributed by atoms with Gasteiger partial charge in [-0.1, -0.05) is 12.8 Å². The maximum atomic E-state index is 4.69. The molecule has 0 bridgehead atoms. The number of nitrogens with zero attached hydrogens (tertiary/aromatic N) is 4. The fraction of sp³-hybridized carbons (Fsp3) is 0.800. The van der Waals surface area contributed by atoms with Crippen LogP contribution in [0.1, 0.15) is 43.8 Å². The van der Waals surface area contributed by atoms with Crippen LogP contribution in [0.2, 0.25) is 0 Å². The highest BCUT2D eigenvalue weighted by Gasteiger charge is 2.16. The molecule has 1 saturated carbocycles. The van der Waals surface area contributed by atoms with Gasteiger partial charge in [-0.05, 0) is 38.2 Å². The number of aromatic nitrogens is 3. The van der Waals surface area contributed by atoms with Crippen molar-refractivity contribution in [2.45, 2.75) is 51.6 Å². The fourth-order valence-electron chi connectivity index (χ4n) is 2.58. The van der Waals surface area contributed by atoms with Crippen LogP contribution in [0.3, 0.4) is 0 Å². The van der Waals surface area contributed by atoms with E-state index < -0.39 is 0 Å². The first-order valence-electron chi connectivity index (χ1n) is 8.09. The van der Waals surface area contributed by atoms with Crippen molar-refractivity contribution >= 4 is 41.7 Å². The lowest BCUT2D eigenvalue weighted by molar-refractivity contribution is 0.609. The Morgan fingerprint density at radius 3 is 2.70 bits per heavy atom. The molecule has 0 spiro atoms. The second kappa shape index (κ2) is 11.1. The molecule has 6 nitrogen and oxygen atoms in total. The highest BCUT2D eigenvalue weighted by molar-refractivity contribution is 14.0.